The van der Waals surface area contributed by atoms with Crippen LogP contribution in [0.5, 0.6) is 0 Å². The van der Waals surface area contributed by atoms with Crippen LogP contribution in [-0.2, 0) is 16.0 Å². The Morgan fingerprint density at radius 1 is 1.50 bits per heavy atom. The highest BCUT2D eigenvalue weighted by Gasteiger charge is 2.20. The minimum Gasteiger partial charge on any atom is -0.376 e. The number of benzene rings is 1. The number of carbonyl (C=O) groups is 2. The molecule has 0 spiro atoms. The van der Waals surface area contributed by atoms with Gasteiger partial charge in [0.25, 0.3) is 0 Å². The lowest BCUT2D eigenvalue weighted by atomic mass is 10.0. The van der Waals surface area contributed by atoms with Crippen LogP contribution in [0, 0.1) is 0 Å². The number of hydrogen-bond donors (Lipinski definition) is 3. The fourth-order valence-electron chi connectivity index (χ4n) is 2.86. The van der Waals surface area contributed by atoms with Gasteiger partial charge in [0.15, 0.2) is 0 Å². The van der Waals surface area contributed by atoms with Crippen LogP contribution in [0.25, 0.3) is 0 Å². The van der Waals surface area contributed by atoms with Crippen LogP contribution in [0.3, 0.4) is 0 Å². The number of hydrogen-bond acceptors (Lipinski definition) is 3. The molecule has 118 valence electrons. The van der Waals surface area contributed by atoms with Gasteiger partial charge in [0.2, 0.25) is 5.91 Å². The number of ether oxygens (including phenoxy) is 1. The molecule has 1 saturated heterocycles. The highest BCUT2D eigenvalue weighted by atomic mass is 16.5. The van der Waals surface area contributed by atoms with E-state index in [0.29, 0.717) is 13.0 Å². The van der Waals surface area contributed by atoms with E-state index in [1.165, 1.54) is 0 Å². The van der Waals surface area contributed by atoms with E-state index in [1.54, 1.807) is 0 Å². The first-order valence-electron chi connectivity index (χ1n) is 7.70. The monoisotopic (exact) mass is 303 g/mol. The van der Waals surface area contributed by atoms with Crippen molar-refractivity contribution in [2.24, 2.45) is 0 Å². The Hall–Kier alpha value is -2.08. The maximum atomic E-state index is 11.9. The van der Waals surface area contributed by atoms with Crippen molar-refractivity contribution in [3.8, 4) is 0 Å². The minimum absolute atomic E-state index is 0.0158. The normalized spacial score (nSPS) is 21.1. The van der Waals surface area contributed by atoms with Crippen LogP contribution in [0.1, 0.15) is 36.9 Å². The van der Waals surface area contributed by atoms with Crippen molar-refractivity contribution in [2.45, 2.75) is 38.3 Å². The molecule has 2 heterocycles. The maximum Gasteiger partial charge on any atom is 0.315 e. The number of fused-ring (bicyclic) bond motifs is 1. The summed E-state index contributed by atoms with van der Waals surface area (Å²) < 4.78 is 5.47. The van der Waals surface area contributed by atoms with Crippen molar-refractivity contribution in [2.75, 3.05) is 18.5 Å². The van der Waals surface area contributed by atoms with Gasteiger partial charge in [0.05, 0.1) is 18.6 Å². The summed E-state index contributed by atoms with van der Waals surface area (Å²) in [7, 11) is 0. The Labute approximate surface area is 129 Å². The average molecular weight is 303 g/mol. The number of rotatable bonds is 4. The lowest BCUT2D eigenvalue weighted by Gasteiger charge is -2.17. The molecule has 6 nitrogen and oxygen atoms in total. The van der Waals surface area contributed by atoms with E-state index in [-0.39, 0.29) is 24.1 Å². The highest BCUT2D eigenvalue weighted by molar-refractivity contribution is 5.99. The summed E-state index contributed by atoms with van der Waals surface area (Å²) in [6.45, 7) is 3.25. The van der Waals surface area contributed by atoms with Crippen molar-refractivity contribution < 1.29 is 14.3 Å². The third-order valence-corrected chi connectivity index (χ3v) is 4.12. The smallest absolute Gasteiger partial charge is 0.315 e. The quantitative estimate of drug-likeness (QED) is 0.792. The molecule has 0 aromatic heterocycles. The largest absolute Gasteiger partial charge is 0.376 e. The molecule has 3 N–H and O–H groups in total. The standard InChI is InChI=1S/C16H21N3O3/c1-10(18-16(21)17-9-13-3-2-6-22-13)11-4-5-14-12(7-11)8-15(20)19-14/h4-5,7,10,13H,2-3,6,8-9H2,1H3,(H,19,20)(H2,17,18,21)/t10-,13-/m0/s1. The van der Waals surface area contributed by atoms with Crippen LogP contribution in [0.15, 0.2) is 18.2 Å². The molecule has 22 heavy (non-hydrogen) atoms. The van der Waals surface area contributed by atoms with Gasteiger partial charge >= 0.3 is 6.03 Å². The van der Waals surface area contributed by atoms with E-state index in [1.807, 2.05) is 25.1 Å². The number of amides is 3. The molecule has 1 aromatic carbocycles. The van der Waals surface area contributed by atoms with Crippen molar-refractivity contribution in [3.63, 3.8) is 0 Å². The van der Waals surface area contributed by atoms with Crippen molar-refractivity contribution >= 4 is 17.6 Å². The third kappa shape index (κ3) is 3.39. The zero-order chi connectivity index (χ0) is 15.5. The maximum absolute atomic E-state index is 11.9. The van der Waals surface area contributed by atoms with Crippen LogP contribution in [0.4, 0.5) is 10.5 Å². The van der Waals surface area contributed by atoms with Gasteiger partial charge in [-0.2, -0.15) is 0 Å². The van der Waals surface area contributed by atoms with Gasteiger partial charge in [0.1, 0.15) is 0 Å². The van der Waals surface area contributed by atoms with Gasteiger partial charge in [0, 0.05) is 18.8 Å². The predicted molar refractivity (Wildman–Crippen MR) is 82.7 cm³/mol. The second kappa shape index (κ2) is 6.36. The van der Waals surface area contributed by atoms with E-state index in [4.69, 9.17) is 4.74 Å². The molecule has 2 aliphatic heterocycles. The van der Waals surface area contributed by atoms with Crippen LogP contribution in [-0.4, -0.2) is 31.2 Å². The average Bonchev–Trinajstić information content (AvgIpc) is 3.12. The SMILES string of the molecule is C[C@H](NC(=O)NC[C@@H]1CCCO1)c1ccc2c(c1)CC(=O)N2. The summed E-state index contributed by atoms with van der Waals surface area (Å²) in [4.78, 5) is 23.3. The molecule has 3 amide bonds. The Bertz CT molecular complexity index is 582. The van der Waals surface area contributed by atoms with Gasteiger partial charge < -0.3 is 20.7 Å². The van der Waals surface area contributed by atoms with Gasteiger partial charge in [-0.1, -0.05) is 12.1 Å². The van der Waals surface area contributed by atoms with E-state index in [9.17, 15) is 9.59 Å². The molecule has 0 unspecified atom stereocenters. The van der Waals surface area contributed by atoms with E-state index >= 15 is 0 Å². The third-order valence-electron chi connectivity index (χ3n) is 4.12. The number of carbonyl (C=O) groups excluding carboxylic acids is 2. The summed E-state index contributed by atoms with van der Waals surface area (Å²) in [5, 5.41) is 8.56. The minimum atomic E-state index is -0.197. The Morgan fingerprint density at radius 2 is 2.36 bits per heavy atom. The lowest BCUT2D eigenvalue weighted by Crippen LogP contribution is -2.40. The molecular formula is C16H21N3O3. The zero-order valence-corrected chi connectivity index (χ0v) is 12.6. The topological polar surface area (TPSA) is 79.5 Å². The van der Waals surface area contributed by atoms with Crippen molar-refractivity contribution in [3.05, 3.63) is 29.3 Å². The summed E-state index contributed by atoms with van der Waals surface area (Å²) >= 11 is 0. The van der Waals surface area contributed by atoms with Gasteiger partial charge in [-0.25, -0.2) is 4.79 Å². The molecule has 6 heteroatoms. The van der Waals surface area contributed by atoms with E-state index in [2.05, 4.69) is 16.0 Å². The number of anilines is 1. The molecule has 2 aliphatic rings. The predicted octanol–water partition coefficient (Wildman–Crippen LogP) is 1.72. The van der Waals surface area contributed by atoms with E-state index < -0.39 is 0 Å². The summed E-state index contributed by atoms with van der Waals surface area (Å²) in [5.41, 5.74) is 2.84. The van der Waals surface area contributed by atoms with E-state index in [0.717, 1.165) is 36.3 Å². The molecule has 0 saturated carbocycles. The molecule has 0 bridgehead atoms. The highest BCUT2D eigenvalue weighted by Crippen LogP contribution is 2.26. The first-order valence-corrected chi connectivity index (χ1v) is 7.70. The molecular weight excluding hydrogens is 282 g/mol. The summed E-state index contributed by atoms with van der Waals surface area (Å²) in [6.07, 6.45) is 2.60. The summed E-state index contributed by atoms with van der Waals surface area (Å²) in [5.74, 6) is 0.0158. The molecule has 1 fully saturated rings. The first kappa shape index (κ1) is 14.8. The van der Waals surface area contributed by atoms with Crippen LogP contribution >= 0.6 is 0 Å². The molecule has 3 rings (SSSR count). The summed E-state index contributed by atoms with van der Waals surface area (Å²) in [6, 6.07) is 5.47. The van der Waals surface area contributed by atoms with Gasteiger partial charge in [-0.3, -0.25) is 4.79 Å². The second-order valence-corrected chi connectivity index (χ2v) is 5.85. The molecule has 0 aliphatic carbocycles. The Balaban J connectivity index is 1.53. The van der Waals surface area contributed by atoms with Crippen LogP contribution < -0.4 is 16.0 Å². The van der Waals surface area contributed by atoms with Crippen LogP contribution in [0.2, 0.25) is 0 Å². The second-order valence-electron chi connectivity index (χ2n) is 5.85. The van der Waals surface area contributed by atoms with Crippen molar-refractivity contribution in [1.29, 1.82) is 0 Å². The number of nitrogens with one attached hydrogen (secondary N) is 3. The van der Waals surface area contributed by atoms with Gasteiger partial charge in [-0.05, 0) is 37.0 Å². The molecule has 1 aromatic rings. The van der Waals surface area contributed by atoms with Gasteiger partial charge in [-0.15, -0.1) is 0 Å². The molecule has 0 radical (unpaired) electrons. The lowest BCUT2D eigenvalue weighted by molar-refractivity contribution is -0.115. The fraction of sp³-hybridized carbons (Fsp3) is 0.500. The first-order chi connectivity index (χ1) is 10.6. The molecule has 2 atom stereocenters. The Kier molecular flexibility index (Phi) is 4.29. The van der Waals surface area contributed by atoms with Crippen molar-refractivity contribution in [1.82, 2.24) is 10.6 Å². The Morgan fingerprint density at radius 3 is 3.14 bits per heavy atom. The zero-order valence-electron chi connectivity index (χ0n) is 12.6. The fourth-order valence-corrected chi connectivity index (χ4v) is 2.86. The number of urea groups is 1.